The smallest absolute Gasteiger partial charge is 0.307 e. The summed E-state index contributed by atoms with van der Waals surface area (Å²) >= 11 is 1.19. The van der Waals surface area contributed by atoms with Gasteiger partial charge in [-0.1, -0.05) is 29.5 Å². The van der Waals surface area contributed by atoms with Crippen LogP contribution in [-0.2, 0) is 11.3 Å². The molecule has 0 aliphatic carbocycles. The van der Waals surface area contributed by atoms with Crippen molar-refractivity contribution in [2.75, 3.05) is 31.1 Å². The summed E-state index contributed by atoms with van der Waals surface area (Å²) in [5.74, 6) is 0.134. The molecule has 2 aromatic rings. The Kier molecular flexibility index (Phi) is 4.81. The van der Waals surface area contributed by atoms with Crippen LogP contribution < -0.4 is 9.77 Å². The first-order chi connectivity index (χ1) is 11.1. The van der Waals surface area contributed by atoms with Crippen LogP contribution >= 0.6 is 11.3 Å². The zero-order valence-electron chi connectivity index (χ0n) is 13.3. The molecule has 0 radical (unpaired) electrons. The third kappa shape index (κ3) is 3.64. The minimum Gasteiger partial charge on any atom is -0.368 e. The van der Waals surface area contributed by atoms with Gasteiger partial charge < -0.3 is 14.4 Å². The van der Waals surface area contributed by atoms with Crippen LogP contribution in [0, 0.1) is 6.92 Å². The maximum Gasteiger partial charge on any atom is 0.307 e. The molecule has 0 N–H and O–H groups in total. The summed E-state index contributed by atoms with van der Waals surface area (Å²) in [6, 6.07) is 10.3. The third-order valence-corrected chi connectivity index (χ3v) is 5.16. The lowest BCUT2D eigenvalue weighted by Crippen LogP contribution is -2.49. The van der Waals surface area contributed by atoms with E-state index in [2.05, 4.69) is 17.0 Å². The van der Waals surface area contributed by atoms with Crippen molar-refractivity contribution in [3.05, 3.63) is 51.1 Å². The fourth-order valence-corrected chi connectivity index (χ4v) is 3.65. The Bertz CT molecular complexity index is 715. The van der Waals surface area contributed by atoms with E-state index in [0.717, 1.165) is 31.9 Å². The number of hydrogen-bond acceptors (Lipinski definition) is 4. The summed E-state index contributed by atoms with van der Waals surface area (Å²) in [4.78, 5) is 28.3. The molecule has 1 amide bonds. The number of aromatic nitrogens is 1. The number of piperazine rings is 1. The van der Waals surface area contributed by atoms with Gasteiger partial charge in [0.1, 0.15) is 0 Å². The molecule has 122 valence electrons. The number of nitrogens with zero attached hydrogens (tertiary/aromatic N) is 3. The zero-order valence-corrected chi connectivity index (χ0v) is 14.1. The monoisotopic (exact) mass is 331 g/mol. The number of anilines is 1. The van der Waals surface area contributed by atoms with Gasteiger partial charge in [-0.3, -0.25) is 9.59 Å². The molecule has 1 aliphatic rings. The number of amides is 1. The number of thiazole rings is 1. The molecule has 5 nitrogen and oxygen atoms in total. The SMILES string of the molecule is Cc1csc(=O)n1CCC(=O)N1CCN(c2ccccc2)CC1. The predicted molar refractivity (Wildman–Crippen MR) is 93.2 cm³/mol. The molecule has 1 aromatic carbocycles. The van der Waals surface area contributed by atoms with Gasteiger partial charge in [0.2, 0.25) is 5.91 Å². The average Bonchev–Trinajstić information content (AvgIpc) is 2.92. The Morgan fingerprint density at radius 1 is 1.13 bits per heavy atom. The van der Waals surface area contributed by atoms with Crippen LogP contribution in [0.15, 0.2) is 40.5 Å². The van der Waals surface area contributed by atoms with E-state index in [-0.39, 0.29) is 10.8 Å². The van der Waals surface area contributed by atoms with Crippen molar-refractivity contribution in [3.63, 3.8) is 0 Å². The lowest BCUT2D eigenvalue weighted by molar-refractivity contribution is -0.131. The van der Waals surface area contributed by atoms with Crippen molar-refractivity contribution in [1.82, 2.24) is 9.47 Å². The Hall–Kier alpha value is -2.08. The lowest BCUT2D eigenvalue weighted by atomic mass is 10.2. The predicted octanol–water partition coefficient (Wildman–Crippen LogP) is 1.96. The highest BCUT2D eigenvalue weighted by Gasteiger charge is 2.21. The normalized spacial score (nSPS) is 15.0. The van der Waals surface area contributed by atoms with Gasteiger partial charge in [0.25, 0.3) is 0 Å². The van der Waals surface area contributed by atoms with Crippen molar-refractivity contribution in [2.45, 2.75) is 19.9 Å². The fourth-order valence-electron chi connectivity index (χ4n) is 2.89. The van der Waals surface area contributed by atoms with E-state index in [1.165, 1.54) is 17.0 Å². The molecular formula is C17H21N3O2S. The number of carbonyl (C=O) groups is 1. The molecular weight excluding hydrogens is 310 g/mol. The second-order valence-corrected chi connectivity index (χ2v) is 6.57. The Morgan fingerprint density at radius 2 is 1.83 bits per heavy atom. The summed E-state index contributed by atoms with van der Waals surface area (Å²) < 4.78 is 1.68. The molecule has 0 spiro atoms. The van der Waals surface area contributed by atoms with Crippen molar-refractivity contribution in [1.29, 1.82) is 0 Å². The van der Waals surface area contributed by atoms with Gasteiger partial charge in [0, 0.05) is 55.9 Å². The topological polar surface area (TPSA) is 45.6 Å². The molecule has 2 heterocycles. The van der Waals surface area contributed by atoms with Crippen LogP contribution in [0.4, 0.5) is 5.69 Å². The van der Waals surface area contributed by atoms with E-state index in [1.807, 2.05) is 35.4 Å². The second-order valence-electron chi connectivity index (χ2n) is 5.75. The number of hydrogen-bond donors (Lipinski definition) is 0. The first-order valence-corrected chi connectivity index (χ1v) is 8.76. The van der Waals surface area contributed by atoms with Gasteiger partial charge >= 0.3 is 4.87 Å². The van der Waals surface area contributed by atoms with Crippen molar-refractivity contribution in [3.8, 4) is 0 Å². The molecule has 1 aromatic heterocycles. The Labute approximate surface area is 139 Å². The number of aryl methyl sites for hydroxylation is 1. The van der Waals surface area contributed by atoms with Gasteiger partial charge in [0.15, 0.2) is 0 Å². The summed E-state index contributed by atoms with van der Waals surface area (Å²) in [7, 11) is 0. The fraction of sp³-hybridized carbons (Fsp3) is 0.412. The Morgan fingerprint density at radius 3 is 2.43 bits per heavy atom. The number of para-hydroxylation sites is 1. The summed E-state index contributed by atoms with van der Waals surface area (Å²) in [5, 5.41) is 1.84. The van der Waals surface area contributed by atoms with Gasteiger partial charge in [-0.2, -0.15) is 0 Å². The minimum absolute atomic E-state index is 0.0178. The number of benzene rings is 1. The largest absolute Gasteiger partial charge is 0.368 e. The molecule has 3 rings (SSSR count). The van der Waals surface area contributed by atoms with Crippen LogP contribution in [0.3, 0.4) is 0 Å². The maximum absolute atomic E-state index is 12.4. The molecule has 1 fully saturated rings. The third-order valence-electron chi connectivity index (χ3n) is 4.28. The molecule has 0 unspecified atom stereocenters. The standard InChI is InChI=1S/C17H21N3O2S/c1-14-13-23-17(22)20(14)8-7-16(21)19-11-9-18(10-12-19)15-5-3-2-4-6-15/h2-6,13H,7-12H2,1H3. The van der Waals surface area contributed by atoms with Gasteiger partial charge in [0.05, 0.1) is 0 Å². The number of carbonyl (C=O) groups excluding carboxylic acids is 1. The summed E-state index contributed by atoms with van der Waals surface area (Å²) in [5.41, 5.74) is 2.14. The van der Waals surface area contributed by atoms with E-state index >= 15 is 0 Å². The van der Waals surface area contributed by atoms with Crippen LogP contribution in [0.2, 0.25) is 0 Å². The van der Waals surface area contributed by atoms with E-state index in [1.54, 1.807) is 4.57 Å². The Balaban J connectivity index is 1.51. The highest BCUT2D eigenvalue weighted by Crippen LogP contribution is 2.16. The van der Waals surface area contributed by atoms with E-state index < -0.39 is 0 Å². The maximum atomic E-state index is 12.4. The highest BCUT2D eigenvalue weighted by molar-refractivity contribution is 7.07. The van der Waals surface area contributed by atoms with Crippen molar-refractivity contribution < 1.29 is 4.79 Å². The molecule has 1 saturated heterocycles. The highest BCUT2D eigenvalue weighted by atomic mass is 32.1. The van der Waals surface area contributed by atoms with Gasteiger partial charge in [-0.15, -0.1) is 0 Å². The molecule has 1 aliphatic heterocycles. The van der Waals surface area contributed by atoms with Crippen LogP contribution in [0.25, 0.3) is 0 Å². The molecule has 0 saturated carbocycles. The zero-order chi connectivity index (χ0) is 16.2. The first-order valence-electron chi connectivity index (χ1n) is 7.88. The van der Waals surface area contributed by atoms with E-state index in [0.29, 0.717) is 13.0 Å². The van der Waals surface area contributed by atoms with Gasteiger partial charge in [-0.25, -0.2) is 0 Å². The molecule has 0 bridgehead atoms. The van der Waals surface area contributed by atoms with Crippen LogP contribution in [0.5, 0.6) is 0 Å². The first kappa shape index (κ1) is 15.8. The number of rotatable bonds is 4. The minimum atomic E-state index is 0.0178. The van der Waals surface area contributed by atoms with Crippen LogP contribution in [0.1, 0.15) is 12.1 Å². The van der Waals surface area contributed by atoms with Crippen molar-refractivity contribution in [2.24, 2.45) is 0 Å². The van der Waals surface area contributed by atoms with Crippen molar-refractivity contribution >= 4 is 22.9 Å². The quantitative estimate of drug-likeness (QED) is 0.860. The molecule has 23 heavy (non-hydrogen) atoms. The van der Waals surface area contributed by atoms with Gasteiger partial charge in [-0.05, 0) is 19.1 Å². The molecule has 0 atom stereocenters. The van der Waals surface area contributed by atoms with E-state index in [4.69, 9.17) is 0 Å². The molecule has 6 heteroatoms. The summed E-state index contributed by atoms with van der Waals surface area (Å²) in [6.07, 6.45) is 0.392. The average molecular weight is 331 g/mol. The van der Waals surface area contributed by atoms with Crippen LogP contribution in [-0.4, -0.2) is 41.6 Å². The van der Waals surface area contributed by atoms with E-state index in [9.17, 15) is 9.59 Å². The summed E-state index contributed by atoms with van der Waals surface area (Å²) in [6.45, 7) is 5.57. The second kappa shape index (κ2) is 7.00. The lowest BCUT2D eigenvalue weighted by Gasteiger charge is -2.36.